The average molecular weight is 244 g/mol. The highest BCUT2D eigenvalue weighted by molar-refractivity contribution is 5.37. The fourth-order valence-electron chi connectivity index (χ4n) is 2.64. The van der Waals surface area contributed by atoms with Gasteiger partial charge in [-0.05, 0) is 38.7 Å². The number of nitrogens with zero attached hydrogens (tertiary/aromatic N) is 4. The van der Waals surface area contributed by atoms with Gasteiger partial charge in [0.05, 0.1) is 0 Å². The molecule has 0 saturated carbocycles. The van der Waals surface area contributed by atoms with Crippen molar-refractivity contribution >= 4 is 5.95 Å². The summed E-state index contributed by atoms with van der Waals surface area (Å²) in [6.45, 7) is 5.15. The molecule has 2 heterocycles. The van der Waals surface area contributed by atoms with Crippen LogP contribution in [0.25, 0.3) is 0 Å². The topological polar surface area (TPSA) is 52.8 Å². The number of nitriles is 1. The molecule has 0 bridgehead atoms. The van der Waals surface area contributed by atoms with Gasteiger partial charge in [0.2, 0.25) is 5.95 Å². The maximum Gasteiger partial charge on any atom is 0.227 e. The van der Waals surface area contributed by atoms with E-state index >= 15 is 0 Å². The Labute approximate surface area is 109 Å². The molecule has 0 spiro atoms. The molecule has 1 aliphatic heterocycles. The molecule has 18 heavy (non-hydrogen) atoms. The number of hydrogen-bond acceptors (Lipinski definition) is 4. The maximum absolute atomic E-state index is 9.00. The van der Waals surface area contributed by atoms with E-state index in [1.54, 1.807) is 6.07 Å². The van der Waals surface area contributed by atoms with E-state index in [1.165, 1.54) is 32.1 Å². The fraction of sp³-hybridized carbons (Fsp3) is 0.643. The van der Waals surface area contributed by atoms with Gasteiger partial charge in [-0.15, -0.1) is 0 Å². The summed E-state index contributed by atoms with van der Waals surface area (Å²) < 4.78 is 0. The van der Waals surface area contributed by atoms with Crippen LogP contribution in [0.3, 0.4) is 0 Å². The summed E-state index contributed by atoms with van der Waals surface area (Å²) >= 11 is 0. The Balaban J connectivity index is 2.27. The summed E-state index contributed by atoms with van der Waals surface area (Å²) in [7, 11) is 0. The lowest BCUT2D eigenvalue weighted by atomic mass is 9.99. The highest BCUT2D eigenvalue weighted by Gasteiger charge is 2.24. The molecule has 96 valence electrons. The van der Waals surface area contributed by atoms with Crippen LogP contribution in [0.4, 0.5) is 5.95 Å². The van der Waals surface area contributed by atoms with E-state index in [9.17, 15) is 0 Å². The quantitative estimate of drug-likeness (QED) is 0.820. The minimum atomic E-state index is 0.471. The van der Waals surface area contributed by atoms with Crippen LogP contribution in [-0.2, 0) is 0 Å². The Morgan fingerprint density at radius 2 is 2.28 bits per heavy atom. The Bertz CT molecular complexity index is 448. The summed E-state index contributed by atoms with van der Waals surface area (Å²) in [5, 5.41) is 9.00. The zero-order valence-corrected chi connectivity index (χ0v) is 11.2. The van der Waals surface area contributed by atoms with Gasteiger partial charge in [0.1, 0.15) is 11.8 Å². The van der Waals surface area contributed by atoms with Crippen LogP contribution >= 0.6 is 0 Å². The largest absolute Gasteiger partial charge is 0.338 e. The molecule has 1 aliphatic rings. The predicted molar refractivity (Wildman–Crippen MR) is 71.4 cm³/mol. The fourth-order valence-corrected chi connectivity index (χ4v) is 2.64. The van der Waals surface area contributed by atoms with Crippen LogP contribution in [-0.4, -0.2) is 22.6 Å². The molecule has 1 saturated heterocycles. The van der Waals surface area contributed by atoms with Crippen LogP contribution in [0.15, 0.2) is 6.07 Å². The number of aryl methyl sites for hydroxylation is 1. The molecule has 2 rings (SSSR count). The molecule has 1 unspecified atom stereocenters. The minimum absolute atomic E-state index is 0.471. The Hall–Kier alpha value is -1.63. The van der Waals surface area contributed by atoms with Gasteiger partial charge >= 0.3 is 0 Å². The lowest BCUT2D eigenvalue weighted by Crippen LogP contribution is -2.40. The van der Waals surface area contributed by atoms with Crippen molar-refractivity contribution in [3.8, 4) is 6.07 Å². The van der Waals surface area contributed by atoms with Crippen molar-refractivity contribution in [2.24, 2.45) is 0 Å². The number of anilines is 1. The zero-order valence-electron chi connectivity index (χ0n) is 11.2. The Morgan fingerprint density at radius 1 is 1.44 bits per heavy atom. The Kier molecular flexibility index (Phi) is 4.14. The van der Waals surface area contributed by atoms with Crippen molar-refractivity contribution in [2.75, 3.05) is 11.4 Å². The number of hydrogen-bond donors (Lipinski definition) is 0. The highest BCUT2D eigenvalue weighted by Crippen LogP contribution is 2.25. The van der Waals surface area contributed by atoms with Crippen molar-refractivity contribution in [1.82, 2.24) is 9.97 Å². The van der Waals surface area contributed by atoms with Crippen molar-refractivity contribution in [1.29, 1.82) is 5.26 Å². The van der Waals surface area contributed by atoms with E-state index in [0.717, 1.165) is 18.2 Å². The van der Waals surface area contributed by atoms with Gasteiger partial charge in [-0.3, -0.25) is 0 Å². The lowest BCUT2D eigenvalue weighted by molar-refractivity contribution is 0.428. The molecule has 1 aromatic rings. The molecule has 0 aliphatic carbocycles. The van der Waals surface area contributed by atoms with Crippen molar-refractivity contribution < 1.29 is 0 Å². The minimum Gasteiger partial charge on any atom is -0.338 e. The van der Waals surface area contributed by atoms with Crippen molar-refractivity contribution in [3.05, 3.63) is 17.5 Å². The first kappa shape index (κ1) is 12.8. The first-order valence-electron chi connectivity index (χ1n) is 6.77. The van der Waals surface area contributed by atoms with Crippen molar-refractivity contribution in [3.63, 3.8) is 0 Å². The lowest BCUT2D eigenvalue weighted by Gasteiger charge is -2.35. The molecule has 1 atom stereocenters. The van der Waals surface area contributed by atoms with Crippen LogP contribution in [0, 0.1) is 18.3 Å². The molecule has 4 nitrogen and oxygen atoms in total. The summed E-state index contributed by atoms with van der Waals surface area (Å²) in [6, 6.07) is 4.39. The normalized spacial score (nSPS) is 19.6. The van der Waals surface area contributed by atoms with E-state index < -0.39 is 0 Å². The molecule has 4 heteroatoms. The number of piperidine rings is 1. The molecule has 0 aromatic carbocycles. The molecular formula is C14H20N4. The van der Waals surface area contributed by atoms with Gasteiger partial charge in [-0.25, -0.2) is 9.97 Å². The van der Waals surface area contributed by atoms with E-state index in [-0.39, 0.29) is 0 Å². The summed E-state index contributed by atoms with van der Waals surface area (Å²) in [4.78, 5) is 11.2. The number of rotatable bonds is 3. The predicted octanol–water partition coefficient (Wildman–Crippen LogP) is 2.82. The standard InChI is InChI=1S/C14H20N4/c1-3-6-13-7-4-5-8-18(13)14-16-11(2)9-12(10-15)17-14/h9,13H,3-8H2,1-2H3. The second kappa shape index (κ2) is 5.81. The van der Waals surface area contributed by atoms with Gasteiger partial charge in [0, 0.05) is 18.3 Å². The van der Waals surface area contributed by atoms with E-state index in [4.69, 9.17) is 5.26 Å². The van der Waals surface area contributed by atoms with Crippen LogP contribution in [0.2, 0.25) is 0 Å². The summed E-state index contributed by atoms with van der Waals surface area (Å²) in [5.74, 6) is 0.740. The molecule has 1 aromatic heterocycles. The maximum atomic E-state index is 9.00. The monoisotopic (exact) mass is 244 g/mol. The third-order valence-corrected chi connectivity index (χ3v) is 3.46. The van der Waals surface area contributed by atoms with E-state index in [2.05, 4.69) is 27.9 Å². The average Bonchev–Trinajstić information content (AvgIpc) is 2.39. The highest BCUT2D eigenvalue weighted by atomic mass is 15.3. The van der Waals surface area contributed by atoms with Gasteiger partial charge in [0.25, 0.3) is 0 Å². The van der Waals surface area contributed by atoms with Gasteiger partial charge in [-0.1, -0.05) is 13.3 Å². The second-order valence-electron chi connectivity index (χ2n) is 4.94. The van der Waals surface area contributed by atoms with E-state index in [0.29, 0.717) is 11.7 Å². The zero-order chi connectivity index (χ0) is 13.0. The van der Waals surface area contributed by atoms with Gasteiger partial charge < -0.3 is 4.90 Å². The molecular weight excluding hydrogens is 224 g/mol. The summed E-state index contributed by atoms with van der Waals surface area (Å²) in [5.41, 5.74) is 1.34. The third-order valence-electron chi connectivity index (χ3n) is 3.46. The molecule has 0 radical (unpaired) electrons. The van der Waals surface area contributed by atoms with Crippen LogP contribution in [0.5, 0.6) is 0 Å². The van der Waals surface area contributed by atoms with Crippen LogP contribution < -0.4 is 4.90 Å². The first-order valence-corrected chi connectivity index (χ1v) is 6.77. The molecule has 1 fully saturated rings. The van der Waals surface area contributed by atoms with Gasteiger partial charge in [-0.2, -0.15) is 5.26 Å². The smallest absolute Gasteiger partial charge is 0.227 e. The number of aromatic nitrogens is 2. The Morgan fingerprint density at radius 3 is 3.00 bits per heavy atom. The first-order chi connectivity index (χ1) is 8.74. The SMILES string of the molecule is CCCC1CCCCN1c1nc(C)cc(C#N)n1. The van der Waals surface area contributed by atoms with Crippen molar-refractivity contribution in [2.45, 2.75) is 52.0 Å². The van der Waals surface area contributed by atoms with Gasteiger partial charge in [0.15, 0.2) is 0 Å². The third kappa shape index (κ3) is 2.79. The van der Waals surface area contributed by atoms with Crippen LogP contribution in [0.1, 0.15) is 50.4 Å². The second-order valence-corrected chi connectivity index (χ2v) is 4.94. The molecule has 0 amide bonds. The van der Waals surface area contributed by atoms with E-state index in [1.807, 2.05) is 6.92 Å². The summed E-state index contributed by atoms with van der Waals surface area (Å²) in [6.07, 6.45) is 6.06. The molecule has 0 N–H and O–H groups in total.